The third kappa shape index (κ3) is 5.17. The molecule has 0 amide bonds. The van der Waals surface area contributed by atoms with Crippen molar-refractivity contribution in [2.24, 2.45) is 0 Å². The van der Waals surface area contributed by atoms with Crippen LogP contribution < -0.4 is 18.9 Å². The van der Waals surface area contributed by atoms with Gasteiger partial charge in [-0.25, -0.2) is 8.42 Å². The molecule has 1 aliphatic heterocycles. The highest BCUT2D eigenvalue weighted by molar-refractivity contribution is 7.89. The molecule has 0 aromatic heterocycles. The molecule has 3 aromatic rings. The predicted molar refractivity (Wildman–Crippen MR) is 114 cm³/mol. The molecular formula is C23H21F2NO5S. The van der Waals surface area contributed by atoms with E-state index >= 15 is 0 Å². The van der Waals surface area contributed by atoms with Crippen LogP contribution in [0.4, 0.5) is 8.78 Å². The van der Waals surface area contributed by atoms with Crippen LogP contribution in [-0.4, -0.2) is 28.2 Å². The molecule has 3 aromatic carbocycles. The Bertz CT molecular complexity index is 1150. The van der Waals surface area contributed by atoms with Crippen LogP contribution >= 0.6 is 0 Å². The van der Waals surface area contributed by atoms with Crippen molar-refractivity contribution in [2.75, 3.05) is 13.2 Å². The third-order valence-corrected chi connectivity index (χ3v) is 6.29. The molecule has 32 heavy (non-hydrogen) atoms. The Kier molecular flexibility index (Phi) is 6.57. The van der Waals surface area contributed by atoms with Crippen LogP contribution in [0.1, 0.15) is 23.6 Å². The maximum Gasteiger partial charge on any atom is 0.387 e. The van der Waals surface area contributed by atoms with Crippen LogP contribution in [0.15, 0.2) is 77.7 Å². The molecule has 0 bridgehead atoms. The summed E-state index contributed by atoms with van der Waals surface area (Å²) in [5.74, 6) is 0.854. The molecule has 0 saturated heterocycles. The van der Waals surface area contributed by atoms with Gasteiger partial charge >= 0.3 is 6.61 Å². The van der Waals surface area contributed by atoms with Crippen LogP contribution in [-0.2, 0) is 10.0 Å². The Balaban J connectivity index is 1.66. The van der Waals surface area contributed by atoms with E-state index in [2.05, 4.69) is 9.46 Å². The molecule has 9 heteroatoms. The van der Waals surface area contributed by atoms with E-state index in [9.17, 15) is 17.2 Å². The summed E-state index contributed by atoms with van der Waals surface area (Å²) in [6.07, 6.45) is 0.705. The van der Waals surface area contributed by atoms with Crippen LogP contribution in [0.2, 0.25) is 0 Å². The molecule has 0 aliphatic carbocycles. The molecule has 1 heterocycles. The summed E-state index contributed by atoms with van der Waals surface area (Å²) >= 11 is 0. The van der Waals surface area contributed by atoms with Gasteiger partial charge in [-0.15, -0.1) is 0 Å². The van der Waals surface area contributed by atoms with Crippen molar-refractivity contribution in [1.82, 2.24) is 4.72 Å². The predicted octanol–water partition coefficient (Wildman–Crippen LogP) is 4.52. The zero-order chi connectivity index (χ0) is 22.6. The zero-order valence-corrected chi connectivity index (χ0v) is 17.7. The largest absolute Gasteiger partial charge is 0.490 e. The number of ether oxygens (including phenoxy) is 3. The molecule has 1 aliphatic rings. The Morgan fingerprint density at radius 3 is 2.19 bits per heavy atom. The smallest absolute Gasteiger partial charge is 0.387 e. The van der Waals surface area contributed by atoms with Gasteiger partial charge < -0.3 is 14.2 Å². The second kappa shape index (κ2) is 9.54. The zero-order valence-electron chi connectivity index (χ0n) is 16.9. The molecule has 0 radical (unpaired) electrons. The van der Waals surface area contributed by atoms with Gasteiger partial charge in [0.2, 0.25) is 10.0 Å². The highest BCUT2D eigenvalue weighted by Gasteiger charge is 2.25. The van der Waals surface area contributed by atoms with E-state index in [0.29, 0.717) is 42.3 Å². The Hall–Kier alpha value is -3.17. The maximum atomic E-state index is 13.2. The number of rotatable bonds is 7. The second-order valence-electron chi connectivity index (χ2n) is 7.07. The molecule has 168 valence electrons. The van der Waals surface area contributed by atoms with E-state index < -0.39 is 22.7 Å². The summed E-state index contributed by atoms with van der Waals surface area (Å²) in [5, 5.41) is 0. The van der Waals surface area contributed by atoms with E-state index in [4.69, 9.17) is 9.47 Å². The standard InChI is InChI=1S/C23H21F2NO5S/c24-23(25)31-18-9-7-17(8-10-18)22(16-5-2-1-3-6-16)26-32(27,28)19-11-12-20-21(15-19)30-14-4-13-29-20/h1-3,5-12,15,22-23,26H,4,13-14H2/t22-/m0/s1. The minimum atomic E-state index is -3.97. The van der Waals surface area contributed by atoms with Gasteiger partial charge in [-0.2, -0.15) is 13.5 Å². The minimum Gasteiger partial charge on any atom is -0.490 e. The van der Waals surface area contributed by atoms with Crippen LogP contribution in [0.3, 0.4) is 0 Å². The molecule has 6 nitrogen and oxygen atoms in total. The summed E-state index contributed by atoms with van der Waals surface area (Å²) in [5.41, 5.74) is 1.25. The van der Waals surface area contributed by atoms with Crippen molar-refractivity contribution in [1.29, 1.82) is 0 Å². The summed E-state index contributed by atoms with van der Waals surface area (Å²) in [6.45, 7) is -2.01. The quantitative estimate of drug-likeness (QED) is 0.560. The first-order valence-corrected chi connectivity index (χ1v) is 11.4. The normalized spacial score (nSPS) is 14.6. The number of hydrogen-bond donors (Lipinski definition) is 1. The number of nitrogens with one attached hydrogen (secondary N) is 1. The van der Waals surface area contributed by atoms with Gasteiger partial charge in [0.15, 0.2) is 11.5 Å². The fraction of sp³-hybridized carbons (Fsp3) is 0.217. The van der Waals surface area contributed by atoms with Crippen molar-refractivity contribution < 1.29 is 31.4 Å². The van der Waals surface area contributed by atoms with Gasteiger partial charge in [-0.3, -0.25) is 0 Å². The van der Waals surface area contributed by atoms with Crippen LogP contribution in [0.5, 0.6) is 17.2 Å². The molecular weight excluding hydrogens is 440 g/mol. The van der Waals surface area contributed by atoms with E-state index in [1.807, 2.05) is 6.07 Å². The van der Waals surface area contributed by atoms with Gasteiger partial charge in [-0.05, 0) is 35.4 Å². The highest BCUT2D eigenvalue weighted by Crippen LogP contribution is 2.33. The molecule has 0 fully saturated rings. The molecule has 4 rings (SSSR count). The Morgan fingerprint density at radius 2 is 1.50 bits per heavy atom. The lowest BCUT2D eigenvalue weighted by molar-refractivity contribution is -0.0498. The fourth-order valence-electron chi connectivity index (χ4n) is 3.35. The number of alkyl halides is 2. The highest BCUT2D eigenvalue weighted by atomic mass is 32.2. The lowest BCUT2D eigenvalue weighted by atomic mass is 10.00. The molecule has 1 N–H and O–H groups in total. The third-order valence-electron chi connectivity index (χ3n) is 4.87. The average Bonchev–Trinajstić information content (AvgIpc) is 3.03. The number of halogens is 2. The Morgan fingerprint density at radius 1 is 0.844 bits per heavy atom. The van der Waals surface area contributed by atoms with E-state index in [1.54, 1.807) is 42.5 Å². The Labute approximate surface area is 184 Å². The second-order valence-corrected chi connectivity index (χ2v) is 8.79. The van der Waals surface area contributed by atoms with Gasteiger partial charge in [0.05, 0.1) is 24.2 Å². The van der Waals surface area contributed by atoms with E-state index in [0.717, 1.165) is 0 Å². The summed E-state index contributed by atoms with van der Waals surface area (Å²) < 4.78 is 69.7. The van der Waals surface area contributed by atoms with Gasteiger partial charge in [0.25, 0.3) is 0 Å². The molecule has 0 spiro atoms. The maximum absolute atomic E-state index is 13.2. The van der Waals surface area contributed by atoms with Crippen molar-refractivity contribution in [3.05, 3.63) is 83.9 Å². The lowest BCUT2D eigenvalue weighted by Crippen LogP contribution is -2.29. The lowest BCUT2D eigenvalue weighted by Gasteiger charge is -2.21. The van der Waals surface area contributed by atoms with E-state index in [-0.39, 0.29) is 10.6 Å². The van der Waals surface area contributed by atoms with Gasteiger partial charge in [0.1, 0.15) is 5.75 Å². The first kappa shape index (κ1) is 22.0. The topological polar surface area (TPSA) is 73.9 Å². The molecule has 0 unspecified atom stereocenters. The average molecular weight is 461 g/mol. The minimum absolute atomic E-state index is 0.0127. The van der Waals surface area contributed by atoms with Crippen molar-refractivity contribution in [3.8, 4) is 17.2 Å². The monoisotopic (exact) mass is 461 g/mol. The SMILES string of the molecule is O=S(=O)(N[C@@H](c1ccccc1)c1ccc(OC(F)F)cc1)c1ccc2c(c1)OCCCO2. The first-order valence-electron chi connectivity index (χ1n) is 9.94. The van der Waals surface area contributed by atoms with E-state index in [1.165, 1.54) is 24.3 Å². The molecule has 0 saturated carbocycles. The van der Waals surface area contributed by atoms with Crippen molar-refractivity contribution in [3.63, 3.8) is 0 Å². The number of benzene rings is 3. The molecule has 1 atom stereocenters. The summed E-state index contributed by atoms with van der Waals surface area (Å²) in [4.78, 5) is 0.0281. The summed E-state index contributed by atoms with van der Waals surface area (Å²) in [7, 11) is -3.97. The fourth-order valence-corrected chi connectivity index (χ4v) is 4.58. The number of sulfonamides is 1. The first-order chi connectivity index (χ1) is 15.4. The number of fused-ring (bicyclic) bond motifs is 1. The van der Waals surface area contributed by atoms with Crippen molar-refractivity contribution >= 4 is 10.0 Å². The van der Waals surface area contributed by atoms with Gasteiger partial charge in [-0.1, -0.05) is 42.5 Å². The van der Waals surface area contributed by atoms with Crippen LogP contribution in [0.25, 0.3) is 0 Å². The van der Waals surface area contributed by atoms with Crippen LogP contribution in [0, 0.1) is 0 Å². The van der Waals surface area contributed by atoms with Crippen molar-refractivity contribution in [2.45, 2.75) is 24.0 Å². The van der Waals surface area contributed by atoms with Gasteiger partial charge in [0, 0.05) is 12.5 Å². The summed E-state index contributed by atoms with van der Waals surface area (Å²) in [6, 6.07) is 18.5. The number of hydrogen-bond acceptors (Lipinski definition) is 5.